The summed E-state index contributed by atoms with van der Waals surface area (Å²) in [7, 11) is 0. The molecular formula is C14H15ClN2S. The van der Waals surface area contributed by atoms with Crippen LogP contribution in [0.25, 0.3) is 4.91 Å². The molecule has 0 amide bonds. The number of fused-ring (bicyclic) bond motifs is 1. The molecule has 2 heterocycles. The molecule has 0 bridgehead atoms. The van der Waals surface area contributed by atoms with Gasteiger partial charge in [-0.05, 0) is 17.3 Å². The summed E-state index contributed by atoms with van der Waals surface area (Å²) >= 11 is 8.20. The Hall–Kier alpha value is -0.930. The van der Waals surface area contributed by atoms with Crippen LogP contribution in [0.3, 0.4) is 0 Å². The lowest BCUT2D eigenvalue weighted by atomic mass is 9.92. The van der Waals surface area contributed by atoms with Gasteiger partial charge >= 0.3 is 0 Å². The molecule has 2 aliphatic rings. The van der Waals surface area contributed by atoms with Gasteiger partial charge in [0.2, 0.25) is 0 Å². The highest BCUT2D eigenvalue weighted by atomic mass is 35.5. The molecule has 0 spiro atoms. The van der Waals surface area contributed by atoms with E-state index in [-0.39, 0.29) is 5.41 Å². The van der Waals surface area contributed by atoms with Crippen LogP contribution in [0, 0.1) is 5.41 Å². The molecule has 0 saturated heterocycles. The van der Waals surface area contributed by atoms with Crippen molar-refractivity contribution in [1.82, 2.24) is 4.90 Å². The second-order valence-corrected chi connectivity index (χ2v) is 6.77. The van der Waals surface area contributed by atoms with Crippen LogP contribution in [0.4, 0.5) is 0 Å². The third kappa shape index (κ3) is 2.06. The predicted molar refractivity (Wildman–Crippen MR) is 79.6 cm³/mol. The molecule has 1 aromatic carbocycles. The number of halogens is 1. The Labute approximate surface area is 117 Å². The predicted octanol–water partition coefficient (Wildman–Crippen LogP) is 4.00. The summed E-state index contributed by atoms with van der Waals surface area (Å²) in [6.45, 7) is 6.26. The Morgan fingerprint density at radius 2 is 2.00 bits per heavy atom. The second kappa shape index (κ2) is 4.32. The van der Waals surface area contributed by atoms with E-state index in [1.54, 1.807) is 11.8 Å². The SMILES string of the molecule is CC1(C)CN=C2SC(c3ccccc3)=C(Cl)N2C1. The molecule has 2 aliphatic heterocycles. The first-order valence-corrected chi connectivity index (χ1v) is 7.21. The van der Waals surface area contributed by atoms with Crippen LogP contribution in [0.5, 0.6) is 0 Å². The molecule has 4 heteroatoms. The molecule has 0 saturated carbocycles. The van der Waals surface area contributed by atoms with Gasteiger partial charge in [-0.25, -0.2) is 0 Å². The van der Waals surface area contributed by atoms with E-state index < -0.39 is 0 Å². The van der Waals surface area contributed by atoms with Crippen LogP contribution < -0.4 is 0 Å². The zero-order chi connectivity index (χ0) is 12.8. The number of amidine groups is 1. The van der Waals surface area contributed by atoms with Crippen LogP contribution in [-0.2, 0) is 0 Å². The third-order valence-electron chi connectivity index (χ3n) is 3.11. The van der Waals surface area contributed by atoms with Crippen molar-refractivity contribution in [2.75, 3.05) is 13.1 Å². The van der Waals surface area contributed by atoms with Crippen LogP contribution in [0.2, 0.25) is 0 Å². The van der Waals surface area contributed by atoms with Crippen molar-refractivity contribution in [2.45, 2.75) is 13.8 Å². The van der Waals surface area contributed by atoms with Crippen molar-refractivity contribution in [1.29, 1.82) is 0 Å². The van der Waals surface area contributed by atoms with Gasteiger partial charge in [0.15, 0.2) is 5.17 Å². The van der Waals surface area contributed by atoms with Crippen molar-refractivity contribution >= 4 is 33.4 Å². The summed E-state index contributed by atoms with van der Waals surface area (Å²) in [6, 6.07) is 10.3. The Morgan fingerprint density at radius 1 is 1.28 bits per heavy atom. The lowest BCUT2D eigenvalue weighted by Crippen LogP contribution is -2.39. The van der Waals surface area contributed by atoms with Crippen LogP contribution in [0.1, 0.15) is 19.4 Å². The molecule has 94 valence electrons. The molecule has 0 aliphatic carbocycles. The van der Waals surface area contributed by atoms with Gasteiger partial charge in [-0.15, -0.1) is 0 Å². The van der Waals surface area contributed by atoms with E-state index in [1.165, 1.54) is 5.56 Å². The first kappa shape index (κ1) is 12.1. The fourth-order valence-corrected chi connectivity index (χ4v) is 3.62. The lowest BCUT2D eigenvalue weighted by molar-refractivity contribution is 0.284. The fraction of sp³-hybridized carbons (Fsp3) is 0.357. The van der Waals surface area contributed by atoms with Crippen molar-refractivity contribution in [3.05, 3.63) is 41.1 Å². The van der Waals surface area contributed by atoms with Crippen LogP contribution in [-0.4, -0.2) is 23.2 Å². The van der Waals surface area contributed by atoms with E-state index in [4.69, 9.17) is 11.6 Å². The first-order valence-electron chi connectivity index (χ1n) is 6.02. The van der Waals surface area contributed by atoms with Gasteiger partial charge in [0, 0.05) is 18.5 Å². The van der Waals surface area contributed by atoms with E-state index in [9.17, 15) is 0 Å². The third-order valence-corrected chi connectivity index (χ3v) is 4.78. The molecule has 18 heavy (non-hydrogen) atoms. The van der Waals surface area contributed by atoms with Crippen molar-refractivity contribution < 1.29 is 0 Å². The number of rotatable bonds is 1. The van der Waals surface area contributed by atoms with Gasteiger partial charge in [0.1, 0.15) is 5.16 Å². The van der Waals surface area contributed by atoms with E-state index in [0.29, 0.717) is 0 Å². The monoisotopic (exact) mass is 278 g/mol. The minimum atomic E-state index is 0.191. The number of hydrogen-bond donors (Lipinski definition) is 0. The smallest absolute Gasteiger partial charge is 0.169 e. The largest absolute Gasteiger partial charge is 0.310 e. The maximum absolute atomic E-state index is 6.52. The Morgan fingerprint density at radius 3 is 2.72 bits per heavy atom. The lowest BCUT2D eigenvalue weighted by Gasteiger charge is -2.34. The summed E-state index contributed by atoms with van der Waals surface area (Å²) in [5, 5.41) is 1.86. The highest BCUT2D eigenvalue weighted by molar-refractivity contribution is 8.22. The van der Waals surface area contributed by atoms with Crippen LogP contribution >= 0.6 is 23.4 Å². The van der Waals surface area contributed by atoms with Crippen LogP contribution in [0.15, 0.2) is 40.5 Å². The van der Waals surface area contributed by atoms with Crippen molar-refractivity contribution in [3.63, 3.8) is 0 Å². The maximum Gasteiger partial charge on any atom is 0.169 e. The zero-order valence-electron chi connectivity index (χ0n) is 10.5. The fourth-order valence-electron chi connectivity index (χ4n) is 2.18. The number of thioether (sulfide) groups is 1. The minimum absolute atomic E-state index is 0.191. The minimum Gasteiger partial charge on any atom is -0.310 e. The highest BCUT2D eigenvalue weighted by Gasteiger charge is 2.36. The van der Waals surface area contributed by atoms with Gasteiger partial charge in [-0.3, -0.25) is 4.99 Å². The normalized spacial score (nSPS) is 21.9. The van der Waals surface area contributed by atoms with Crippen molar-refractivity contribution in [3.8, 4) is 0 Å². The summed E-state index contributed by atoms with van der Waals surface area (Å²) in [4.78, 5) is 7.91. The van der Waals surface area contributed by atoms with Gasteiger partial charge in [-0.1, -0.05) is 55.8 Å². The molecule has 0 N–H and O–H groups in total. The van der Waals surface area contributed by atoms with E-state index in [2.05, 4.69) is 35.9 Å². The Kier molecular flexibility index (Phi) is 2.91. The number of hydrogen-bond acceptors (Lipinski definition) is 3. The number of benzene rings is 1. The topological polar surface area (TPSA) is 15.6 Å². The Balaban J connectivity index is 1.98. The maximum atomic E-state index is 6.52. The molecule has 0 atom stereocenters. The average Bonchev–Trinajstić information content (AvgIpc) is 2.67. The van der Waals surface area contributed by atoms with Gasteiger partial charge in [0.05, 0.1) is 4.91 Å². The quantitative estimate of drug-likeness (QED) is 0.722. The standard InChI is InChI=1S/C14H15ClN2S/c1-14(2)8-16-13-17(9-14)12(15)11(18-13)10-6-4-3-5-7-10/h3-7H,8-9H2,1-2H3. The number of aliphatic imine (C=N–C) groups is 1. The van der Waals surface area contributed by atoms with E-state index in [0.717, 1.165) is 28.3 Å². The zero-order valence-corrected chi connectivity index (χ0v) is 12.1. The number of nitrogens with zero attached hydrogens (tertiary/aromatic N) is 2. The van der Waals surface area contributed by atoms with Gasteiger partial charge in [0.25, 0.3) is 0 Å². The molecule has 2 nitrogen and oxygen atoms in total. The molecule has 3 rings (SSSR count). The first-order chi connectivity index (χ1) is 8.57. The molecule has 0 fully saturated rings. The molecule has 1 aromatic rings. The van der Waals surface area contributed by atoms with Gasteiger partial charge < -0.3 is 4.90 Å². The van der Waals surface area contributed by atoms with Gasteiger partial charge in [-0.2, -0.15) is 0 Å². The summed E-state index contributed by atoms with van der Waals surface area (Å²) in [5.74, 6) is 0. The molecule has 0 aromatic heterocycles. The van der Waals surface area contributed by atoms with E-state index in [1.807, 2.05) is 18.2 Å². The summed E-state index contributed by atoms with van der Waals surface area (Å²) in [6.07, 6.45) is 0. The Bertz CT molecular complexity index is 534. The highest BCUT2D eigenvalue weighted by Crippen LogP contribution is 2.45. The summed E-state index contributed by atoms with van der Waals surface area (Å²) < 4.78 is 0. The second-order valence-electron chi connectivity index (χ2n) is 5.44. The molecular weight excluding hydrogens is 264 g/mol. The average molecular weight is 279 g/mol. The van der Waals surface area contributed by atoms with E-state index >= 15 is 0 Å². The molecule has 0 unspecified atom stereocenters. The molecule has 0 radical (unpaired) electrons. The summed E-state index contributed by atoms with van der Waals surface area (Å²) in [5.41, 5.74) is 1.36. The van der Waals surface area contributed by atoms with Crippen molar-refractivity contribution in [2.24, 2.45) is 10.4 Å².